The van der Waals surface area contributed by atoms with Crippen LogP contribution < -0.4 is 10.7 Å². The smallest absolute Gasteiger partial charge is 0.329 e. The molecule has 0 aliphatic rings. The van der Waals surface area contributed by atoms with E-state index in [2.05, 4.69) is 20.4 Å². The maximum atomic E-state index is 12.1. The van der Waals surface area contributed by atoms with Gasteiger partial charge in [0.25, 0.3) is 0 Å². The monoisotopic (exact) mass is 388 g/mol. The van der Waals surface area contributed by atoms with Crippen LogP contribution in [-0.4, -0.2) is 22.6 Å². The number of aryl methyl sites for hydroxylation is 1. The van der Waals surface area contributed by atoms with E-state index in [0.717, 1.165) is 28.2 Å². The number of nitrogens with one attached hydrogen (secondary N) is 2. The summed E-state index contributed by atoms with van der Waals surface area (Å²) in [5.41, 5.74) is 7.18. The van der Waals surface area contributed by atoms with Crippen molar-refractivity contribution in [3.05, 3.63) is 89.2 Å². The molecule has 1 atom stereocenters. The molecule has 1 heterocycles. The van der Waals surface area contributed by atoms with E-state index in [1.165, 1.54) is 0 Å². The second-order valence-corrected chi connectivity index (χ2v) is 6.80. The van der Waals surface area contributed by atoms with Crippen LogP contribution in [0.1, 0.15) is 35.5 Å². The largest absolute Gasteiger partial charge is 0.341 e. The number of carbonyl (C=O) groups excluding carboxylic acids is 2. The molecule has 148 valence electrons. The standard InChI is InChI=1S/C23H24N4O2/c1-16-14-20(18(3)27(16)21-12-8-5-9-13-21)15-24-26-23(29)22(28)25-17(2)19-10-6-4-7-11-19/h4-15,17H,1-3H3,(H,25,28)(H,26,29)/b24-15-/t17-/m0/s1. The first-order valence-electron chi connectivity index (χ1n) is 9.40. The van der Waals surface area contributed by atoms with Crippen LogP contribution in [0.25, 0.3) is 5.69 Å². The normalized spacial score (nSPS) is 12.0. The van der Waals surface area contributed by atoms with Gasteiger partial charge >= 0.3 is 11.8 Å². The van der Waals surface area contributed by atoms with Gasteiger partial charge in [-0.25, -0.2) is 5.43 Å². The number of amides is 2. The number of hydrogen-bond acceptors (Lipinski definition) is 3. The summed E-state index contributed by atoms with van der Waals surface area (Å²) in [5.74, 6) is -1.53. The Bertz CT molecular complexity index is 1020. The summed E-state index contributed by atoms with van der Waals surface area (Å²) >= 11 is 0. The molecule has 0 aliphatic carbocycles. The molecule has 0 unspecified atom stereocenters. The van der Waals surface area contributed by atoms with Gasteiger partial charge in [0.1, 0.15) is 0 Å². The number of carbonyl (C=O) groups is 2. The van der Waals surface area contributed by atoms with E-state index in [9.17, 15) is 9.59 Å². The maximum Gasteiger partial charge on any atom is 0.329 e. The first-order chi connectivity index (χ1) is 14.0. The number of para-hydroxylation sites is 1. The van der Waals surface area contributed by atoms with Crippen LogP contribution in [0.4, 0.5) is 0 Å². The van der Waals surface area contributed by atoms with E-state index >= 15 is 0 Å². The predicted octanol–water partition coefficient (Wildman–Crippen LogP) is 3.42. The van der Waals surface area contributed by atoms with E-state index in [4.69, 9.17) is 0 Å². The minimum absolute atomic E-state index is 0.275. The third-order valence-corrected chi connectivity index (χ3v) is 4.71. The fraction of sp³-hybridized carbons (Fsp3) is 0.174. The minimum atomic E-state index is -0.805. The van der Waals surface area contributed by atoms with Crippen LogP contribution in [0.3, 0.4) is 0 Å². The van der Waals surface area contributed by atoms with Crippen LogP contribution in [0.15, 0.2) is 71.8 Å². The maximum absolute atomic E-state index is 12.1. The molecule has 2 N–H and O–H groups in total. The molecule has 29 heavy (non-hydrogen) atoms. The highest BCUT2D eigenvalue weighted by Gasteiger charge is 2.16. The quantitative estimate of drug-likeness (QED) is 0.399. The summed E-state index contributed by atoms with van der Waals surface area (Å²) in [6.07, 6.45) is 1.55. The topological polar surface area (TPSA) is 75.5 Å². The molecule has 0 saturated carbocycles. The molecule has 1 aromatic heterocycles. The highest BCUT2D eigenvalue weighted by Crippen LogP contribution is 2.19. The number of rotatable bonds is 5. The SMILES string of the molecule is Cc1cc(/C=N\NC(=O)C(=O)N[C@@H](C)c2ccccc2)c(C)n1-c1ccccc1. The van der Waals surface area contributed by atoms with Gasteiger partial charge < -0.3 is 9.88 Å². The minimum Gasteiger partial charge on any atom is -0.341 e. The summed E-state index contributed by atoms with van der Waals surface area (Å²) in [6.45, 7) is 5.81. The Morgan fingerprint density at radius 3 is 2.24 bits per heavy atom. The highest BCUT2D eigenvalue weighted by atomic mass is 16.2. The van der Waals surface area contributed by atoms with Gasteiger partial charge in [0.15, 0.2) is 0 Å². The van der Waals surface area contributed by atoms with Crippen molar-refractivity contribution in [3.8, 4) is 5.69 Å². The van der Waals surface area contributed by atoms with Gasteiger partial charge in [0, 0.05) is 22.6 Å². The van der Waals surface area contributed by atoms with Crippen LogP contribution in [0, 0.1) is 13.8 Å². The number of benzene rings is 2. The van der Waals surface area contributed by atoms with E-state index in [0.29, 0.717) is 0 Å². The van der Waals surface area contributed by atoms with E-state index in [-0.39, 0.29) is 6.04 Å². The molecule has 6 heteroatoms. The van der Waals surface area contributed by atoms with Crippen molar-refractivity contribution in [2.45, 2.75) is 26.8 Å². The summed E-state index contributed by atoms with van der Waals surface area (Å²) < 4.78 is 2.11. The predicted molar refractivity (Wildman–Crippen MR) is 114 cm³/mol. The van der Waals surface area contributed by atoms with Crippen molar-refractivity contribution in [1.82, 2.24) is 15.3 Å². The molecule has 2 amide bonds. The Hall–Kier alpha value is -3.67. The first-order valence-corrected chi connectivity index (χ1v) is 9.40. The van der Waals surface area contributed by atoms with Gasteiger partial charge in [-0.1, -0.05) is 48.5 Å². The van der Waals surface area contributed by atoms with E-state index in [1.807, 2.05) is 87.5 Å². The molecule has 0 fully saturated rings. The summed E-state index contributed by atoms with van der Waals surface area (Å²) in [7, 11) is 0. The van der Waals surface area contributed by atoms with Gasteiger partial charge in [-0.2, -0.15) is 5.10 Å². The first kappa shape index (κ1) is 20.1. The number of hydrazone groups is 1. The molecule has 3 rings (SSSR count). The zero-order valence-electron chi connectivity index (χ0n) is 16.7. The molecule has 6 nitrogen and oxygen atoms in total. The Balaban J connectivity index is 1.62. The van der Waals surface area contributed by atoms with Crippen LogP contribution in [-0.2, 0) is 9.59 Å². The molecular formula is C23H24N4O2. The fourth-order valence-electron chi connectivity index (χ4n) is 3.19. The molecule has 0 bridgehead atoms. The van der Waals surface area contributed by atoms with Crippen molar-refractivity contribution in [2.75, 3.05) is 0 Å². The summed E-state index contributed by atoms with van der Waals surface area (Å²) in [6, 6.07) is 21.2. The zero-order chi connectivity index (χ0) is 20.8. The number of aromatic nitrogens is 1. The van der Waals surface area contributed by atoms with Crippen molar-refractivity contribution in [3.63, 3.8) is 0 Å². The van der Waals surface area contributed by atoms with Crippen molar-refractivity contribution in [2.24, 2.45) is 5.10 Å². The third-order valence-electron chi connectivity index (χ3n) is 4.71. The molecule has 0 spiro atoms. The second-order valence-electron chi connectivity index (χ2n) is 6.80. The molecule has 0 radical (unpaired) electrons. The van der Waals surface area contributed by atoms with Gasteiger partial charge in [0.05, 0.1) is 12.3 Å². The van der Waals surface area contributed by atoms with E-state index < -0.39 is 11.8 Å². The average molecular weight is 388 g/mol. The zero-order valence-corrected chi connectivity index (χ0v) is 16.7. The van der Waals surface area contributed by atoms with Gasteiger partial charge in [-0.05, 0) is 44.5 Å². The molecular weight excluding hydrogens is 364 g/mol. The lowest BCUT2D eigenvalue weighted by Crippen LogP contribution is -2.39. The van der Waals surface area contributed by atoms with Crippen molar-refractivity contribution in [1.29, 1.82) is 0 Å². The average Bonchev–Trinajstić information content (AvgIpc) is 3.02. The van der Waals surface area contributed by atoms with E-state index in [1.54, 1.807) is 6.21 Å². The third kappa shape index (κ3) is 4.79. The summed E-state index contributed by atoms with van der Waals surface area (Å²) in [4.78, 5) is 24.1. The molecule has 0 aliphatic heterocycles. The van der Waals surface area contributed by atoms with Crippen molar-refractivity contribution >= 4 is 18.0 Å². The lowest BCUT2D eigenvalue weighted by Gasteiger charge is -2.13. The summed E-state index contributed by atoms with van der Waals surface area (Å²) in [5, 5.41) is 6.61. The Morgan fingerprint density at radius 1 is 0.966 bits per heavy atom. The number of nitrogens with zero attached hydrogens (tertiary/aromatic N) is 2. The number of hydrogen-bond donors (Lipinski definition) is 2. The highest BCUT2D eigenvalue weighted by molar-refractivity contribution is 6.35. The van der Waals surface area contributed by atoms with Crippen LogP contribution in [0.2, 0.25) is 0 Å². The van der Waals surface area contributed by atoms with Gasteiger partial charge in [0.2, 0.25) is 0 Å². The molecule has 2 aromatic carbocycles. The van der Waals surface area contributed by atoms with Crippen LogP contribution in [0.5, 0.6) is 0 Å². The van der Waals surface area contributed by atoms with Gasteiger partial charge in [-0.15, -0.1) is 0 Å². The second kappa shape index (κ2) is 9.01. The lowest BCUT2D eigenvalue weighted by molar-refractivity contribution is -0.139. The Kier molecular flexibility index (Phi) is 6.24. The Morgan fingerprint density at radius 2 is 1.59 bits per heavy atom. The molecule has 0 saturated heterocycles. The van der Waals surface area contributed by atoms with Crippen molar-refractivity contribution < 1.29 is 9.59 Å². The fourth-order valence-corrected chi connectivity index (χ4v) is 3.19. The Labute approximate surface area is 170 Å². The molecule has 3 aromatic rings. The van der Waals surface area contributed by atoms with Crippen LogP contribution >= 0.6 is 0 Å². The lowest BCUT2D eigenvalue weighted by atomic mass is 10.1. The van der Waals surface area contributed by atoms with Gasteiger partial charge in [-0.3, -0.25) is 9.59 Å².